The molecule has 1 aromatic carbocycles. The summed E-state index contributed by atoms with van der Waals surface area (Å²) in [5, 5.41) is 0. The summed E-state index contributed by atoms with van der Waals surface area (Å²) in [6.45, 7) is 0.692. The van der Waals surface area contributed by atoms with Crippen LogP contribution >= 0.6 is 27.3 Å². The maximum absolute atomic E-state index is 13.9. The van der Waals surface area contributed by atoms with Gasteiger partial charge in [0.1, 0.15) is 17.3 Å². The van der Waals surface area contributed by atoms with E-state index < -0.39 is 11.6 Å². The number of hydrogen-bond donors (Lipinski definition) is 0. The summed E-state index contributed by atoms with van der Waals surface area (Å²) in [5.74, 6) is -0.968. The van der Waals surface area contributed by atoms with Crippen LogP contribution in [0, 0.1) is 11.6 Å². The van der Waals surface area contributed by atoms with Crippen LogP contribution < -0.4 is 4.90 Å². The second-order valence-electron chi connectivity index (χ2n) is 4.56. The van der Waals surface area contributed by atoms with Gasteiger partial charge in [-0.25, -0.2) is 8.78 Å². The Kier molecular flexibility index (Phi) is 3.58. The molecule has 1 fully saturated rings. The number of para-hydroxylation sites is 1. The largest absolute Gasteiger partial charge is 0.359 e. The summed E-state index contributed by atoms with van der Waals surface area (Å²) < 4.78 is 28.9. The lowest BCUT2D eigenvalue weighted by molar-refractivity contribution is 0.567. The van der Waals surface area contributed by atoms with Crippen molar-refractivity contribution in [2.24, 2.45) is 0 Å². The fourth-order valence-electron chi connectivity index (χ4n) is 2.60. The fraction of sp³-hybridized carbons (Fsp3) is 0.286. The quantitative estimate of drug-likeness (QED) is 0.730. The molecule has 100 valence electrons. The molecule has 1 saturated heterocycles. The predicted molar refractivity (Wildman–Crippen MR) is 77.7 cm³/mol. The molecule has 5 heteroatoms. The van der Waals surface area contributed by atoms with Crippen LogP contribution in [0.2, 0.25) is 0 Å². The van der Waals surface area contributed by atoms with Gasteiger partial charge in [-0.05, 0) is 53.0 Å². The maximum atomic E-state index is 13.9. The van der Waals surface area contributed by atoms with Crippen LogP contribution in [0.4, 0.5) is 14.5 Å². The van der Waals surface area contributed by atoms with Crippen LogP contribution in [0.5, 0.6) is 0 Å². The van der Waals surface area contributed by atoms with E-state index in [2.05, 4.69) is 15.9 Å². The molecule has 1 nitrogen and oxygen atoms in total. The summed E-state index contributed by atoms with van der Waals surface area (Å²) in [5.41, 5.74) is 0.106. The first-order chi connectivity index (χ1) is 9.16. The molecule has 1 aliphatic heterocycles. The maximum Gasteiger partial charge on any atom is 0.149 e. The van der Waals surface area contributed by atoms with Gasteiger partial charge in [-0.3, -0.25) is 0 Å². The minimum absolute atomic E-state index is 0.0719. The van der Waals surface area contributed by atoms with E-state index in [4.69, 9.17) is 0 Å². The number of rotatable bonds is 2. The van der Waals surface area contributed by atoms with E-state index in [0.29, 0.717) is 6.54 Å². The number of thiophene rings is 1. The Balaban J connectivity index is 2.00. The van der Waals surface area contributed by atoms with Crippen LogP contribution in [0.15, 0.2) is 34.1 Å². The van der Waals surface area contributed by atoms with Gasteiger partial charge in [-0.15, -0.1) is 11.3 Å². The standard InChI is InChI=1S/C14H12BrF2NS/c15-13-7-6-12(19-13)11-5-2-8-18(11)14-9(16)3-1-4-10(14)17/h1,3-4,6-7,11H,2,5,8H2. The molecular weight excluding hydrogens is 332 g/mol. The van der Waals surface area contributed by atoms with Gasteiger partial charge in [0.25, 0.3) is 0 Å². The highest BCUT2D eigenvalue weighted by Crippen LogP contribution is 2.41. The Hall–Kier alpha value is -0.940. The summed E-state index contributed by atoms with van der Waals surface area (Å²) in [7, 11) is 0. The van der Waals surface area contributed by atoms with Gasteiger partial charge >= 0.3 is 0 Å². The molecular formula is C14H12BrF2NS. The third kappa shape index (κ3) is 2.41. The minimum atomic E-state index is -0.484. The normalized spacial score (nSPS) is 19.1. The molecule has 1 atom stereocenters. The highest BCUT2D eigenvalue weighted by Gasteiger charge is 2.30. The molecule has 1 aliphatic rings. The van der Waals surface area contributed by atoms with E-state index in [9.17, 15) is 8.78 Å². The molecule has 0 radical (unpaired) electrons. The van der Waals surface area contributed by atoms with Gasteiger partial charge in [-0.1, -0.05) is 6.07 Å². The minimum Gasteiger partial charge on any atom is -0.359 e. The van der Waals surface area contributed by atoms with Crippen molar-refractivity contribution >= 4 is 33.0 Å². The van der Waals surface area contributed by atoms with Gasteiger partial charge in [0.05, 0.1) is 9.83 Å². The van der Waals surface area contributed by atoms with Gasteiger partial charge in [0.15, 0.2) is 0 Å². The predicted octanol–water partition coefficient (Wildman–Crippen LogP) is 5.13. The van der Waals surface area contributed by atoms with E-state index in [1.165, 1.54) is 18.2 Å². The molecule has 2 heterocycles. The molecule has 0 amide bonds. The first-order valence-electron chi connectivity index (χ1n) is 6.12. The second kappa shape index (κ2) is 5.21. The van der Waals surface area contributed by atoms with Gasteiger partial charge < -0.3 is 4.90 Å². The average molecular weight is 344 g/mol. The molecule has 2 aromatic rings. The SMILES string of the molecule is Fc1cccc(F)c1N1CCCC1c1ccc(Br)s1. The summed E-state index contributed by atoms with van der Waals surface area (Å²) >= 11 is 5.06. The third-order valence-electron chi connectivity index (χ3n) is 3.40. The molecule has 0 saturated carbocycles. The summed E-state index contributed by atoms with van der Waals surface area (Å²) in [6, 6.07) is 8.12. The lowest BCUT2D eigenvalue weighted by atomic mass is 10.1. The molecule has 0 aliphatic carbocycles. The first-order valence-corrected chi connectivity index (χ1v) is 7.73. The lowest BCUT2D eigenvalue weighted by Crippen LogP contribution is -2.24. The summed E-state index contributed by atoms with van der Waals surface area (Å²) in [6.07, 6.45) is 1.88. The van der Waals surface area contributed by atoms with Crippen LogP contribution in [0.3, 0.4) is 0 Å². The molecule has 1 unspecified atom stereocenters. The van der Waals surface area contributed by atoms with E-state index >= 15 is 0 Å². The van der Waals surface area contributed by atoms with E-state index in [1.807, 2.05) is 17.0 Å². The number of halogens is 3. The van der Waals surface area contributed by atoms with Crippen molar-refractivity contribution < 1.29 is 8.78 Å². The zero-order valence-corrected chi connectivity index (χ0v) is 12.5. The second-order valence-corrected chi connectivity index (χ2v) is 7.06. The van der Waals surface area contributed by atoms with Crippen molar-refractivity contribution in [3.8, 4) is 0 Å². The molecule has 0 N–H and O–H groups in total. The summed E-state index contributed by atoms with van der Waals surface area (Å²) in [4.78, 5) is 3.00. The van der Waals surface area contributed by atoms with Crippen molar-refractivity contribution in [3.63, 3.8) is 0 Å². The number of anilines is 1. The molecule has 1 aromatic heterocycles. The molecule has 0 bridgehead atoms. The Morgan fingerprint density at radius 3 is 2.53 bits per heavy atom. The number of nitrogens with zero attached hydrogens (tertiary/aromatic N) is 1. The highest BCUT2D eigenvalue weighted by atomic mass is 79.9. The first kappa shape index (κ1) is 13.1. The monoisotopic (exact) mass is 343 g/mol. The van der Waals surface area contributed by atoms with Crippen LogP contribution in [-0.2, 0) is 0 Å². The lowest BCUT2D eigenvalue weighted by Gasteiger charge is -2.26. The van der Waals surface area contributed by atoms with E-state index in [1.54, 1.807) is 11.3 Å². The van der Waals surface area contributed by atoms with Crippen LogP contribution in [0.1, 0.15) is 23.8 Å². The van der Waals surface area contributed by atoms with Crippen molar-refractivity contribution in [1.82, 2.24) is 0 Å². The van der Waals surface area contributed by atoms with Gasteiger partial charge in [0, 0.05) is 11.4 Å². The zero-order chi connectivity index (χ0) is 13.4. The fourth-order valence-corrected chi connectivity index (χ4v) is 4.17. The van der Waals surface area contributed by atoms with Crippen molar-refractivity contribution in [2.45, 2.75) is 18.9 Å². The Labute approximate surface area is 123 Å². The van der Waals surface area contributed by atoms with Crippen molar-refractivity contribution in [2.75, 3.05) is 11.4 Å². The number of hydrogen-bond acceptors (Lipinski definition) is 2. The Morgan fingerprint density at radius 1 is 1.16 bits per heavy atom. The van der Waals surface area contributed by atoms with Crippen molar-refractivity contribution in [1.29, 1.82) is 0 Å². The third-order valence-corrected chi connectivity index (χ3v) is 5.12. The topological polar surface area (TPSA) is 3.24 Å². The van der Waals surface area contributed by atoms with E-state index in [-0.39, 0.29) is 11.7 Å². The highest BCUT2D eigenvalue weighted by molar-refractivity contribution is 9.11. The smallest absolute Gasteiger partial charge is 0.149 e. The Morgan fingerprint density at radius 2 is 1.89 bits per heavy atom. The number of benzene rings is 1. The van der Waals surface area contributed by atoms with Crippen LogP contribution in [-0.4, -0.2) is 6.54 Å². The zero-order valence-electron chi connectivity index (χ0n) is 10.1. The van der Waals surface area contributed by atoms with Crippen LogP contribution in [0.25, 0.3) is 0 Å². The van der Waals surface area contributed by atoms with Gasteiger partial charge in [-0.2, -0.15) is 0 Å². The average Bonchev–Trinajstić information content (AvgIpc) is 2.97. The van der Waals surface area contributed by atoms with Crippen molar-refractivity contribution in [3.05, 3.63) is 50.6 Å². The molecule has 19 heavy (non-hydrogen) atoms. The van der Waals surface area contributed by atoms with Gasteiger partial charge in [0.2, 0.25) is 0 Å². The molecule has 0 spiro atoms. The van der Waals surface area contributed by atoms with E-state index in [0.717, 1.165) is 21.5 Å². The molecule has 3 rings (SSSR count). The Bertz CT molecular complexity index is 579.